The van der Waals surface area contributed by atoms with E-state index in [4.69, 9.17) is 39.4 Å². The molecular formula is C10H9Cl2N5O. The monoisotopic (exact) mass is 285 g/mol. The van der Waals surface area contributed by atoms with Gasteiger partial charge in [0.15, 0.2) is 5.82 Å². The third-order valence-electron chi connectivity index (χ3n) is 2.25. The lowest BCUT2D eigenvalue weighted by molar-refractivity contribution is 0.415. The number of benzene rings is 1. The molecule has 0 saturated carbocycles. The van der Waals surface area contributed by atoms with Crippen LogP contribution < -0.4 is 16.2 Å². The Balaban J connectivity index is 2.61. The van der Waals surface area contributed by atoms with Crippen LogP contribution in [0.5, 0.6) is 5.75 Å². The summed E-state index contributed by atoms with van der Waals surface area (Å²) in [7, 11) is 1.50. The van der Waals surface area contributed by atoms with Gasteiger partial charge < -0.3 is 16.2 Å². The molecule has 0 saturated heterocycles. The summed E-state index contributed by atoms with van der Waals surface area (Å²) in [4.78, 5) is 3.81. The normalized spacial score (nSPS) is 10.4. The number of halogens is 2. The van der Waals surface area contributed by atoms with Crippen molar-refractivity contribution in [3.8, 4) is 17.0 Å². The van der Waals surface area contributed by atoms with E-state index >= 15 is 0 Å². The lowest BCUT2D eigenvalue weighted by Crippen LogP contribution is -2.04. The molecule has 0 spiro atoms. The van der Waals surface area contributed by atoms with Crippen LogP contribution in [0.1, 0.15) is 0 Å². The summed E-state index contributed by atoms with van der Waals surface area (Å²) in [6, 6.07) is 3.33. The van der Waals surface area contributed by atoms with Crippen molar-refractivity contribution in [1.82, 2.24) is 15.2 Å². The number of hydrogen-bond acceptors (Lipinski definition) is 6. The molecule has 0 radical (unpaired) electrons. The van der Waals surface area contributed by atoms with E-state index in [1.807, 2.05) is 0 Å². The Labute approximate surface area is 113 Å². The zero-order chi connectivity index (χ0) is 13.3. The molecule has 0 atom stereocenters. The van der Waals surface area contributed by atoms with Crippen molar-refractivity contribution in [2.45, 2.75) is 0 Å². The van der Waals surface area contributed by atoms with Gasteiger partial charge in [0.2, 0.25) is 5.95 Å². The Hall–Kier alpha value is -1.79. The summed E-state index contributed by atoms with van der Waals surface area (Å²) in [6.07, 6.45) is 0. The summed E-state index contributed by atoms with van der Waals surface area (Å²) in [5.74, 6) is 0.581. The number of ether oxygens (including phenoxy) is 1. The van der Waals surface area contributed by atoms with Crippen LogP contribution in [0, 0.1) is 0 Å². The van der Waals surface area contributed by atoms with E-state index < -0.39 is 0 Å². The fraction of sp³-hybridized carbons (Fsp3) is 0.100. The van der Waals surface area contributed by atoms with E-state index in [1.54, 1.807) is 12.1 Å². The molecule has 0 aliphatic rings. The number of hydrogen-bond donors (Lipinski definition) is 2. The molecule has 94 valence electrons. The second-order valence-electron chi connectivity index (χ2n) is 3.35. The third-order valence-corrected chi connectivity index (χ3v) is 3.12. The molecule has 0 aliphatic carbocycles. The van der Waals surface area contributed by atoms with Gasteiger partial charge in [0, 0.05) is 5.56 Å². The molecule has 1 aromatic carbocycles. The first kappa shape index (κ1) is 12.7. The molecule has 0 unspecified atom stereocenters. The highest BCUT2D eigenvalue weighted by Crippen LogP contribution is 2.39. The lowest BCUT2D eigenvalue weighted by Gasteiger charge is -2.09. The smallest absolute Gasteiger partial charge is 0.242 e. The van der Waals surface area contributed by atoms with Crippen LogP contribution in [-0.2, 0) is 0 Å². The highest BCUT2D eigenvalue weighted by molar-refractivity contribution is 6.44. The maximum atomic E-state index is 6.13. The highest BCUT2D eigenvalue weighted by atomic mass is 35.5. The summed E-state index contributed by atoms with van der Waals surface area (Å²) in [5, 5.41) is 8.03. The summed E-state index contributed by atoms with van der Waals surface area (Å²) >= 11 is 12.2. The zero-order valence-electron chi connectivity index (χ0n) is 9.32. The quantitative estimate of drug-likeness (QED) is 0.876. The largest absolute Gasteiger partial charge is 0.495 e. The Morgan fingerprint density at radius 2 is 1.83 bits per heavy atom. The van der Waals surface area contributed by atoms with Gasteiger partial charge in [0.05, 0.1) is 12.1 Å². The van der Waals surface area contributed by atoms with Gasteiger partial charge in [-0.25, -0.2) is 0 Å². The number of nitrogens with two attached hydrogens (primary N) is 2. The molecule has 18 heavy (non-hydrogen) atoms. The van der Waals surface area contributed by atoms with Gasteiger partial charge in [-0.2, -0.15) is 4.98 Å². The number of rotatable bonds is 2. The van der Waals surface area contributed by atoms with Crippen molar-refractivity contribution in [1.29, 1.82) is 0 Å². The Bertz CT molecular complexity index is 605. The van der Waals surface area contributed by atoms with Crippen molar-refractivity contribution < 1.29 is 4.74 Å². The number of anilines is 2. The van der Waals surface area contributed by atoms with Gasteiger partial charge >= 0.3 is 0 Å². The predicted octanol–water partition coefficient (Wildman–Crippen LogP) is 2.02. The molecule has 2 aromatic rings. The van der Waals surface area contributed by atoms with Gasteiger partial charge in [-0.1, -0.05) is 23.2 Å². The molecule has 0 fully saturated rings. The van der Waals surface area contributed by atoms with Gasteiger partial charge in [-0.3, -0.25) is 0 Å². The number of nitrogen functional groups attached to an aromatic ring is 2. The number of aromatic nitrogens is 3. The Kier molecular flexibility index (Phi) is 3.40. The minimum Gasteiger partial charge on any atom is -0.495 e. The standard InChI is InChI=1S/C10H9Cl2N5O/c1-18-5-3-2-4(6(11)7(5)12)8-9(13)15-10(14)17-16-8/h2-3H,1H3,(H4,13,14,15,17). The summed E-state index contributed by atoms with van der Waals surface area (Å²) in [6.45, 7) is 0. The third kappa shape index (κ3) is 2.12. The van der Waals surface area contributed by atoms with E-state index in [-0.39, 0.29) is 21.8 Å². The van der Waals surface area contributed by atoms with Crippen molar-refractivity contribution in [3.63, 3.8) is 0 Å². The SMILES string of the molecule is COc1ccc(-c2nnc(N)nc2N)c(Cl)c1Cl. The minimum atomic E-state index is -0.00742. The van der Waals surface area contributed by atoms with E-state index in [9.17, 15) is 0 Å². The molecule has 0 amide bonds. The summed E-state index contributed by atoms with van der Waals surface area (Å²) in [5.41, 5.74) is 11.9. The molecule has 4 N–H and O–H groups in total. The molecule has 6 nitrogen and oxygen atoms in total. The molecule has 1 aromatic heterocycles. The van der Waals surface area contributed by atoms with Crippen LogP contribution in [0.15, 0.2) is 12.1 Å². The van der Waals surface area contributed by atoms with Gasteiger partial charge in [0.25, 0.3) is 0 Å². The predicted molar refractivity (Wildman–Crippen MR) is 70.7 cm³/mol. The van der Waals surface area contributed by atoms with Crippen molar-refractivity contribution in [3.05, 3.63) is 22.2 Å². The number of methoxy groups -OCH3 is 1. The molecule has 0 aliphatic heterocycles. The zero-order valence-corrected chi connectivity index (χ0v) is 10.8. The minimum absolute atomic E-state index is 0.00742. The van der Waals surface area contributed by atoms with Crippen LogP contribution in [0.3, 0.4) is 0 Å². The average Bonchev–Trinajstić information content (AvgIpc) is 2.34. The maximum absolute atomic E-state index is 6.13. The fourth-order valence-electron chi connectivity index (χ4n) is 1.42. The molecule has 8 heteroatoms. The second-order valence-corrected chi connectivity index (χ2v) is 4.10. The highest BCUT2D eigenvalue weighted by Gasteiger charge is 2.16. The van der Waals surface area contributed by atoms with Crippen molar-refractivity contribution in [2.75, 3.05) is 18.6 Å². The van der Waals surface area contributed by atoms with Crippen LogP contribution in [-0.4, -0.2) is 22.3 Å². The second kappa shape index (κ2) is 4.83. The molecule has 2 rings (SSSR count). The van der Waals surface area contributed by atoms with Crippen LogP contribution in [0.25, 0.3) is 11.3 Å². The molecular weight excluding hydrogens is 277 g/mol. The van der Waals surface area contributed by atoms with Crippen LogP contribution in [0.2, 0.25) is 10.0 Å². The Morgan fingerprint density at radius 3 is 2.44 bits per heavy atom. The maximum Gasteiger partial charge on any atom is 0.242 e. The van der Waals surface area contributed by atoms with E-state index in [0.29, 0.717) is 17.0 Å². The van der Waals surface area contributed by atoms with Crippen molar-refractivity contribution in [2.24, 2.45) is 0 Å². The topological polar surface area (TPSA) is 99.9 Å². The van der Waals surface area contributed by atoms with E-state index in [1.165, 1.54) is 7.11 Å². The first-order valence-corrected chi connectivity index (χ1v) is 5.58. The summed E-state index contributed by atoms with van der Waals surface area (Å²) < 4.78 is 5.05. The van der Waals surface area contributed by atoms with Gasteiger partial charge in [0.1, 0.15) is 16.5 Å². The Morgan fingerprint density at radius 1 is 1.11 bits per heavy atom. The number of nitrogens with zero attached hydrogens (tertiary/aromatic N) is 3. The first-order chi connectivity index (χ1) is 8.54. The first-order valence-electron chi connectivity index (χ1n) is 4.82. The van der Waals surface area contributed by atoms with Crippen LogP contribution >= 0.6 is 23.2 Å². The lowest BCUT2D eigenvalue weighted by atomic mass is 10.1. The molecule has 1 heterocycles. The van der Waals surface area contributed by atoms with Gasteiger partial charge in [-0.05, 0) is 12.1 Å². The van der Waals surface area contributed by atoms with E-state index in [0.717, 1.165) is 0 Å². The average molecular weight is 286 g/mol. The van der Waals surface area contributed by atoms with Crippen molar-refractivity contribution >= 4 is 35.0 Å². The van der Waals surface area contributed by atoms with Gasteiger partial charge in [-0.15, -0.1) is 10.2 Å². The van der Waals surface area contributed by atoms with E-state index in [2.05, 4.69) is 15.2 Å². The molecule has 0 bridgehead atoms. The van der Waals surface area contributed by atoms with Crippen LogP contribution in [0.4, 0.5) is 11.8 Å². The fourth-order valence-corrected chi connectivity index (χ4v) is 1.90.